The van der Waals surface area contributed by atoms with E-state index in [1.165, 1.54) is 24.0 Å². The van der Waals surface area contributed by atoms with Crippen LogP contribution in [0.2, 0.25) is 0 Å². The van der Waals surface area contributed by atoms with Gasteiger partial charge in [0.05, 0.1) is 0 Å². The lowest BCUT2D eigenvalue weighted by Crippen LogP contribution is -2.36. The van der Waals surface area contributed by atoms with Gasteiger partial charge in [-0.25, -0.2) is 4.72 Å². The number of hydrogen-bond acceptors (Lipinski definition) is 2. The van der Waals surface area contributed by atoms with Crippen molar-refractivity contribution < 1.29 is 8.42 Å². The lowest BCUT2D eigenvalue weighted by molar-refractivity contribution is 0.506. The molecule has 1 aromatic rings. The average molecular weight is 256 g/mol. The van der Waals surface area contributed by atoms with E-state index in [9.17, 15) is 8.42 Å². The van der Waals surface area contributed by atoms with Crippen molar-refractivity contribution in [3.63, 3.8) is 0 Å². The van der Waals surface area contributed by atoms with Gasteiger partial charge in [-0.1, -0.05) is 31.2 Å². The van der Waals surface area contributed by atoms with Crippen LogP contribution in [0.5, 0.6) is 0 Å². The highest BCUT2D eigenvalue weighted by Crippen LogP contribution is 2.05. The van der Waals surface area contributed by atoms with Crippen LogP contribution < -0.4 is 4.72 Å². The highest BCUT2D eigenvalue weighted by atomic mass is 32.2. The van der Waals surface area contributed by atoms with Gasteiger partial charge in [-0.05, 0) is 24.0 Å². The summed E-state index contributed by atoms with van der Waals surface area (Å²) in [5.41, 5.74) is 2.44. The second-order valence-corrected chi connectivity index (χ2v) is 6.07. The highest BCUT2D eigenvalue weighted by Gasteiger charge is 2.11. The summed E-state index contributed by atoms with van der Waals surface area (Å²) in [4.78, 5) is 0. The number of hydrogen-bond donors (Lipinski definition) is 1. The van der Waals surface area contributed by atoms with Gasteiger partial charge in [0.2, 0.25) is 0 Å². The van der Waals surface area contributed by atoms with E-state index in [0.29, 0.717) is 13.0 Å². The fourth-order valence-corrected chi connectivity index (χ4v) is 2.01. The van der Waals surface area contributed by atoms with E-state index in [-0.39, 0.29) is 0 Å². The van der Waals surface area contributed by atoms with Crippen LogP contribution in [0.25, 0.3) is 0 Å². The third-order valence-electron chi connectivity index (χ3n) is 2.61. The van der Waals surface area contributed by atoms with Crippen molar-refractivity contribution in [2.75, 3.05) is 20.6 Å². The Labute approximate surface area is 104 Å². The zero-order chi connectivity index (χ0) is 12.9. The molecular weight excluding hydrogens is 236 g/mol. The van der Waals surface area contributed by atoms with Gasteiger partial charge in [0.1, 0.15) is 0 Å². The third-order valence-corrected chi connectivity index (χ3v) is 4.14. The SMILES string of the molecule is CCc1ccc(CCNS(=O)(=O)N(C)C)cc1. The van der Waals surface area contributed by atoms with Gasteiger partial charge < -0.3 is 0 Å². The molecule has 0 aliphatic carbocycles. The molecule has 1 rings (SSSR count). The molecule has 0 saturated carbocycles. The zero-order valence-corrected chi connectivity index (χ0v) is 11.4. The van der Waals surface area contributed by atoms with Crippen LogP contribution in [0.15, 0.2) is 24.3 Å². The number of nitrogens with zero attached hydrogens (tertiary/aromatic N) is 1. The molecule has 0 atom stereocenters. The zero-order valence-electron chi connectivity index (χ0n) is 10.6. The molecule has 4 nitrogen and oxygen atoms in total. The third kappa shape index (κ3) is 4.46. The van der Waals surface area contributed by atoms with Gasteiger partial charge in [0, 0.05) is 20.6 Å². The topological polar surface area (TPSA) is 49.4 Å². The predicted octanol–water partition coefficient (Wildman–Crippen LogP) is 1.19. The smallest absolute Gasteiger partial charge is 0.202 e. The van der Waals surface area contributed by atoms with Gasteiger partial charge in [0.25, 0.3) is 10.2 Å². The summed E-state index contributed by atoms with van der Waals surface area (Å²) in [7, 11) is -0.273. The summed E-state index contributed by atoms with van der Waals surface area (Å²) in [6.45, 7) is 2.53. The lowest BCUT2D eigenvalue weighted by Gasteiger charge is -2.12. The molecule has 17 heavy (non-hydrogen) atoms. The van der Waals surface area contributed by atoms with Crippen LogP contribution in [0.3, 0.4) is 0 Å². The largest absolute Gasteiger partial charge is 0.278 e. The van der Waals surface area contributed by atoms with Crippen molar-refractivity contribution in [3.05, 3.63) is 35.4 Å². The first kappa shape index (κ1) is 14.2. The minimum atomic E-state index is -3.30. The molecule has 0 spiro atoms. The van der Waals surface area contributed by atoms with E-state index in [4.69, 9.17) is 0 Å². The van der Waals surface area contributed by atoms with Crippen LogP contribution in [0.1, 0.15) is 18.1 Å². The molecule has 1 N–H and O–H groups in total. The molecule has 0 saturated heterocycles. The van der Waals surface area contributed by atoms with Crippen molar-refractivity contribution in [2.24, 2.45) is 0 Å². The molecule has 0 aliphatic heterocycles. The Bertz CT molecular complexity index is 438. The molecule has 1 aromatic carbocycles. The Morgan fingerprint density at radius 3 is 2.12 bits per heavy atom. The summed E-state index contributed by atoms with van der Waals surface area (Å²) >= 11 is 0. The van der Waals surface area contributed by atoms with E-state index in [1.54, 1.807) is 0 Å². The van der Waals surface area contributed by atoms with E-state index in [0.717, 1.165) is 12.0 Å². The van der Waals surface area contributed by atoms with Gasteiger partial charge in [-0.3, -0.25) is 0 Å². The molecule has 0 bridgehead atoms. The minimum absolute atomic E-state index is 0.423. The highest BCUT2D eigenvalue weighted by molar-refractivity contribution is 7.87. The number of rotatable bonds is 6. The fourth-order valence-electron chi connectivity index (χ4n) is 1.40. The first-order chi connectivity index (χ1) is 7.95. The molecule has 5 heteroatoms. The average Bonchev–Trinajstić information content (AvgIpc) is 2.29. The number of aryl methyl sites for hydroxylation is 1. The Balaban J connectivity index is 2.46. The molecule has 0 heterocycles. The molecule has 0 unspecified atom stereocenters. The molecule has 0 fully saturated rings. The van der Waals surface area contributed by atoms with Crippen molar-refractivity contribution in [2.45, 2.75) is 19.8 Å². The summed E-state index contributed by atoms with van der Waals surface area (Å²) < 4.78 is 26.6. The summed E-state index contributed by atoms with van der Waals surface area (Å²) in [5, 5.41) is 0. The molecule has 0 aromatic heterocycles. The maximum absolute atomic E-state index is 11.4. The Morgan fingerprint density at radius 2 is 1.65 bits per heavy atom. The van der Waals surface area contributed by atoms with Crippen LogP contribution in [-0.4, -0.2) is 33.4 Å². The van der Waals surface area contributed by atoms with E-state index >= 15 is 0 Å². The summed E-state index contributed by atoms with van der Waals surface area (Å²) in [5.74, 6) is 0. The minimum Gasteiger partial charge on any atom is -0.202 e. The Hall–Kier alpha value is -0.910. The first-order valence-electron chi connectivity index (χ1n) is 5.70. The predicted molar refractivity (Wildman–Crippen MR) is 70.1 cm³/mol. The second-order valence-electron chi connectivity index (χ2n) is 4.10. The van der Waals surface area contributed by atoms with Crippen LogP contribution in [-0.2, 0) is 23.1 Å². The molecular formula is C12H20N2O2S. The fraction of sp³-hybridized carbons (Fsp3) is 0.500. The van der Waals surface area contributed by atoms with Crippen LogP contribution in [0.4, 0.5) is 0 Å². The quantitative estimate of drug-likeness (QED) is 0.831. The maximum Gasteiger partial charge on any atom is 0.278 e. The van der Waals surface area contributed by atoms with Gasteiger partial charge >= 0.3 is 0 Å². The summed E-state index contributed by atoms with van der Waals surface area (Å²) in [6, 6.07) is 8.25. The van der Waals surface area contributed by atoms with Crippen molar-refractivity contribution in [1.82, 2.24) is 9.03 Å². The monoisotopic (exact) mass is 256 g/mol. The van der Waals surface area contributed by atoms with Crippen molar-refractivity contribution >= 4 is 10.2 Å². The number of benzene rings is 1. The molecule has 0 amide bonds. The lowest BCUT2D eigenvalue weighted by atomic mass is 10.1. The van der Waals surface area contributed by atoms with Crippen LogP contribution in [0, 0.1) is 0 Å². The Morgan fingerprint density at radius 1 is 1.12 bits per heavy atom. The van der Waals surface area contributed by atoms with Gasteiger partial charge in [0.15, 0.2) is 0 Å². The second kappa shape index (κ2) is 6.14. The summed E-state index contributed by atoms with van der Waals surface area (Å²) in [6.07, 6.45) is 1.73. The van der Waals surface area contributed by atoms with Crippen molar-refractivity contribution in [1.29, 1.82) is 0 Å². The van der Waals surface area contributed by atoms with Crippen LogP contribution >= 0.6 is 0 Å². The van der Waals surface area contributed by atoms with Crippen molar-refractivity contribution in [3.8, 4) is 0 Å². The Kier molecular flexibility index (Phi) is 5.11. The normalized spacial score (nSPS) is 12.0. The molecule has 96 valence electrons. The van der Waals surface area contributed by atoms with E-state index in [2.05, 4.69) is 23.8 Å². The van der Waals surface area contributed by atoms with E-state index < -0.39 is 10.2 Å². The molecule has 0 aliphatic rings. The first-order valence-corrected chi connectivity index (χ1v) is 7.14. The molecule has 0 radical (unpaired) electrons. The van der Waals surface area contributed by atoms with E-state index in [1.807, 2.05) is 12.1 Å². The maximum atomic E-state index is 11.4. The standard InChI is InChI=1S/C12H20N2O2S/c1-4-11-5-7-12(8-6-11)9-10-13-17(15,16)14(2)3/h5-8,13H,4,9-10H2,1-3H3. The van der Waals surface area contributed by atoms with Gasteiger partial charge in [-0.15, -0.1) is 0 Å². The number of nitrogens with one attached hydrogen (secondary N) is 1. The van der Waals surface area contributed by atoms with Gasteiger partial charge in [-0.2, -0.15) is 12.7 Å².